The Kier molecular flexibility index (Phi) is 4.11. The monoisotopic (exact) mass is 158 g/mol. The number of nitrogens with two attached hydrogens (primary N) is 1. The molecule has 3 nitrogen and oxygen atoms in total. The van der Waals surface area contributed by atoms with E-state index in [4.69, 9.17) is 5.73 Å². The standard InChI is InChI=1S/C8H18N2O/c1-6(7(2)9)5-8(11)10(3)4/h6-7H,5,9H2,1-4H3/t6-,7+/m0/s1. The Morgan fingerprint density at radius 1 is 1.45 bits per heavy atom. The fourth-order valence-electron chi connectivity index (χ4n) is 0.644. The van der Waals surface area contributed by atoms with Crippen molar-refractivity contribution in [2.24, 2.45) is 11.7 Å². The molecule has 1 amide bonds. The Morgan fingerprint density at radius 3 is 2.18 bits per heavy atom. The van der Waals surface area contributed by atoms with Crippen LogP contribution >= 0.6 is 0 Å². The van der Waals surface area contributed by atoms with E-state index in [1.54, 1.807) is 19.0 Å². The molecule has 0 aromatic carbocycles. The number of hydrogen-bond acceptors (Lipinski definition) is 2. The third kappa shape index (κ3) is 3.98. The highest BCUT2D eigenvalue weighted by Gasteiger charge is 2.13. The third-order valence-electron chi connectivity index (χ3n) is 1.89. The summed E-state index contributed by atoms with van der Waals surface area (Å²) in [6.45, 7) is 3.92. The molecule has 0 aliphatic rings. The first kappa shape index (κ1) is 10.4. The maximum atomic E-state index is 11.1. The van der Waals surface area contributed by atoms with Crippen LogP contribution in [-0.4, -0.2) is 30.9 Å². The van der Waals surface area contributed by atoms with Crippen molar-refractivity contribution >= 4 is 5.91 Å². The topological polar surface area (TPSA) is 46.3 Å². The lowest BCUT2D eigenvalue weighted by Gasteiger charge is -2.17. The number of carbonyl (C=O) groups excluding carboxylic acids is 1. The fourth-order valence-corrected chi connectivity index (χ4v) is 0.644. The van der Waals surface area contributed by atoms with Gasteiger partial charge in [-0.05, 0) is 12.8 Å². The van der Waals surface area contributed by atoms with Crippen molar-refractivity contribution in [1.82, 2.24) is 4.90 Å². The van der Waals surface area contributed by atoms with Crippen LogP contribution < -0.4 is 5.73 Å². The lowest BCUT2D eigenvalue weighted by molar-refractivity contribution is -0.129. The predicted molar refractivity (Wildman–Crippen MR) is 46.1 cm³/mol. The second kappa shape index (κ2) is 4.34. The van der Waals surface area contributed by atoms with Gasteiger partial charge in [0.05, 0.1) is 0 Å². The lowest BCUT2D eigenvalue weighted by atomic mass is 10.0. The van der Waals surface area contributed by atoms with Crippen LogP contribution in [0.25, 0.3) is 0 Å². The van der Waals surface area contributed by atoms with Gasteiger partial charge in [-0.15, -0.1) is 0 Å². The van der Waals surface area contributed by atoms with E-state index in [1.807, 2.05) is 13.8 Å². The maximum absolute atomic E-state index is 11.1. The molecule has 0 aliphatic heterocycles. The number of nitrogens with zero attached hydrogens (tertiary/aromatic N) is 1. The predicted octanol–water partition coefficient (Wildman–Crippen LogP) is 0.448. The Bertz CT molecular complexity index is 132. The van der Waals surface area contributed by atoms with Crippen molar-refractivity contribution in [2.45, 2.75) is 26.3 Å². The van der Waals surface area contributed by atoms with Crippen molar-refractivity contribution in [3.63, 3.8) is 0 Å². The molecule has 0 fully saturated rings. The van der Waals surface area contributed by atoms with Crippen molar-refractivity contribution < 1.29 is 4.79 Å². The zero-order chi connectivity index (χ0) is 9.02. The van der Waals surface area contributed by atoms with Crippen LogP contribution in [0, 0.1) is 5.92 Å². The summed E-state index contributed by atoms with van der Waals surface area (Å²) in [6.07, 6.45) is 0.546. The van der Waals surface area contributed by atoms with Crippen molar-refractivity contribution in [2.75, 3.05) is 14.1 Å². The van der Waals surface area contributed by atoms with Crippen LogP contribution in [0.3, 0.4) is 0 Å². The number of carbonyl (C=O) groups is 1. The normalized spacial score (nSPS) is 15.7. The summed E-state index contributed by atoms with van der Waals surface area (Å²) < 4.78 is 0. The summed E-state index contributed by atoms with van der Waals surface area (Å²) in [5.41, 5.74) is 5.61. The molecule has 2 atom stereocenters. The molecule has 3 heteroatoms. The van der Waals surface area contributed by atoms with E-state index in [0.29, 0.717) is 6.42 Å². The molecule has 0 bridgehead atoms. The molecule has 0 aromatic heterocycles. The second-order valence-corrected chi connectivity index (χ2v) is 3.33. The van der Waals surface area contributed by atoms with Gasteiger partial charge in [-0.1, -0.05) is 6.92 Å². The van der Waals surface area contributed by atoms with Crippen molar-refractivity contribution in [1.29, 1.82) is 0 Å². The average Bonchev–Trinajstić information content (AvgIpc) is 1.87. The zero-order valence-electron chi connectivity index (χ0n) is 7.79. The molecule has 0 spiro atoms. The minimum atomic E-state index is 0.0962. The zero-order valence-corrected chi connectivity index (χ0v) is 7.79. The smallest absolute Gasteiger partial charge is 0.222 e. The van der Waals surface area contributed by atoms with Gasteiger partial charge in [-0.2, -0.15) is 0 Å². The van der Waals surface area contributed by atoms with Gasteiger partial charge >= 0.3 is 0 Å². The Labute approximate surface area is 68.6 Å². The number of amides is 1. The molecule has 11 heavy (non-hydrogen) atoms. The van der Waals surface area contributed by atoms with Crippen LogP contribution in [0.15, 0.2) is 0 Å². The van der Waals surface area contributed by atoms with E-state index in [-0.39, 0.29) is 17.9 Å². The molecule has 0 rings (SSSR count). The minimum Gasteiger partial charge on any atom is -0.349 e. The van der Waals surface area contributed by atoms with E-state index >= 15 is 0 Å². The molecule has 0 aliphatic carbocycles. The molecule has 0 saturated carbocycles. The van der Waals surface area contributed by atoms with Crippen LogP contribution in [0.4, 0.5) is 0 Å². The number of rotatable bonds is 3. The molecule has 0 radical (unpaired) electrons. The van der Waals surface area contributed by atoms with Crippen molar-refractivity contribution in [3.8, 4) is 0 Å². The van der Waals surface area contributed by atoms with E-state index in [2.05, 4.69) is 0 Å². The molecule has 0 heterocycles. The van der Waals surface area contributed by atoms with Gasteiger partial charge in [0.25, 0.3) is 0 Å². The molecular formula is C8H18N2O. The third-order valence-corrected chi connectivity index (χ3v) is 1.89. The van der Waals surface area contributed by atoms with Gasteiger partial charge in [0.15, 0.2) is 0 Å². The summed E-state index contributed by atoms with van der Waals surface area (Å²) in [6, 6.07) is 0.0962. The average molecular weight is 158 g/mol. The first-order chi connectivity index (χ1) is 4.95. The molecule has 2 N–H and O–H groups in total. The summed E-state index contributed by atoms with van der Waals surface area (Å²) in [7, 11) is 3.52. The first-order valence-electron chi connectivity index (χ1n) is 3.91. The summed E-state index contributed by atoms with van der Waals surface area (Å²) in [4.78, 5) is 12.7. The van der Waals surface area contributed by atoms with Crippen molar-refractivity contribution in [3.05, 3.63) is 0 Å². The minimum absolute atomic E-state index is 0.0962. The highest BCUT2D eigenvalue weighted by atomic mass is 16.2. The van der Waals surface area contributed by atoms with Gasteiger partial charge in [0.1, 0.15) is 0 Å². The lowest BCUT2D eigenvalue weighted by Crippen LogP contribution is -2.30. The van der Waals surface area contributed by atoms with E-state index in [0.717, 1.165) is 0 Å². The molecule has 0 saturated heterocycles. The molecule has 0 unspecified atom stereocenters. The quantitative estimate of drug-likeness (QED) is 0.648. The van der Waals surface area contributed by atoms with Gasteiger partial charge in [-0.3, -0.25) is 4.79 Å². The second-order valence-electron chi connectivity index (χ2n) is 3.33. The van der Waals surface area contributed by atoms with Crippen LogP contribution in [0.1, 0.15) is 20.3 Å². The largest absolute Gasteiger partial charge is 0.349 e. The Balaban J connectivity index is 3.76. The Morgan fingerprint density at radius 2 is 1.91 bits per heavy atom. The van der Waals surface area contributed by atoms with Gasteiger partial charge in [-0.25, -0.2) is 0 Å². The van der Waals surface area contributed by atoms with Gasteiger partial charge in [0.2, 0.25) is 5.91 Å². The highest BCUT2D eigenvalue weighted by molar-refractivity contribution is 5.75. The van der Waals surface area contributed by atoms with E-state index in [9.17, 15) is 4.79 Å². The first-order valence-corrected chi connectivity index (χ1v) is 3.91. The van der Waals surface area contributed by atoms with E-state index in [1.165, 1.54) is 0 Å². The number of hydrogen-bond donors (Lipinski definition) is 1. The summed E-state index contributed by atoms with van der Waals surface area (Å²) in [5, 5.41) is 0. The molecule has 66 valence electrons. The van der Waals surface area contributed by atoms with Gasteiger partial charge < -0.3 is 10.6 Å². The summed E-state index contributed by atoms with van der Waals surface area (Å²) in [5.74, 6) is 0.416. The maximum Gasteiger partial charge on any atom is 0.222 e. The van der Waals surface area contributed by atoms with Crippen LogP contribution in [-0.2, 0) is 4.79 Å². The molecular weight excluding hydrogens is 140 g/mol. The highest BCUT2D eigenvalue weighted by Crippen LogP contribution is 2.06. The Hall–Kier alpha value is -0.570. The van der Waals surface area contributed by atoms with Crippen LogP contribution in [0.2, 0.25) is 0 Å². The fraction of sp³-hybridized carbons (Fsp3) is 0.875. The van der Waals surface area contributed by atoms with Crippen LogP contribution in [0.5, 0.6) is 0 Å². The summed E-state index contributed by atoms with van der Waals surface area (Å²) >= 11 is 0. The van der Waals surface area contributed by atoms with Gasteiger partial charge in [0, 0.05) is 26.6 Å². The van der Waals surface area contributed by atoms with E-state index < -0.39 is 0 Å². The SMILES string of the molecule is C[C@@H](N)[C@@H](C)CC(=O)N(C)C. The molecule has 0 aromatic rings.